The van der Waals surface area contributed by atoms with E-state index in [-0.39, 0.29) is 12.8 Å². The second-order valence-corrected chi connectivity index (χ2v) is 7.68. The first kappa shape index (κ1) is 21.5. The SMILES string of the molecule is CC(C)=CCC1C(=O)C(C(=O)C(C)C)C(=O)[C@]1(O)[C@@H](O)CC=C(C)C. The average molecular weight is 350 g/mol. The summed E-state index contributed by atoms with van der Waals surface area (Å²) in [5.41, 5.74) is -0.375. The lowest BCUT2D eigenvalue weighted by molar-refractivity contribution is -0.155. The number of hydrogen-bond donors (Lipinski definition) is 2. The minimum Gasteiger partial charge on any atom is -0.389 e. The first-order chi connectivity index (χ1) is 11.4. The van der Waals surface area contributed by atoms with Gasteiger partial charge in [-0.25, -0.2) is 0 Å². The third-order valence-electron chi connectivity index (χ3n) is 4.69. The van der Waals surface area contributed by atoms with Gasteiger partial charge in [0.05, 0.1) is 12.0 Å². The molecule has 1 saturated carbocycles. The van der Waals surface area contributed by atoms with Crippen LogP contribution in [0.5, 0.6) is 0 Å². The number of Topliss-reactive ketones (excluding diaryl/α,β-unsaturated/α-hetero) is 3. The Balaban J connectivity index is 3.34. The van der Waals surface area contributed by atoms with E-state index in [2.05, 4.69) is 0 Å². The fraction of sp³-hybridized carbons (Fsp3) is 0.650. The number of rotatable bonds is 7. The first-order valence-electron chi connectivity index (χ1n) is 8.73. The maximum absolute atomic E-state index is 12.8. The summed E-state index contributed by atoms with van der Waals surface area (Å²) in [4.78, 5) is 38.0. The van der Waals surface area contributed by atoms with Crippen LogP contribution >= 0.6 is 0 Å². The van der Waals surface area contributed by atoms with E-state index in [1.807, 2.05) is 27.7 Å². The van der Waals surface area contributed by atoms with Crippen molar-refractivity contribution < 1.29 is 24.6 Å². The van der Waals surface area contributed by atoms with E-state index >= 15 is 0 Å². The molecule has 0 aromatic heterocycles. The number of aliphatic hydroxyl groups is 2. The highest BCUT2D eigenvalue weighted by Crippen LogP contribution is 2.41. The van der Waals surface area contributed by atoms with Crippen LogP contribution in [-0.2, 0) is 14.4 Å². The van der Waals surface area contributed by atoms with Crippen LogP contribution < -0.4 is 0 Å². The van der Waals surface area contributed by atoms with Crippen molar-refractivity contribution in [3.8, 4) is 0 Å². The van der Waals surface area contributed by atoms with Gasteiger partial charge in [-0.1, -0.05) is 37.1 Å². The molecule has 0 bridgehead atoms. The van der Waals surface area contributed by atoms with Crippen molar-refractivity contribution in [1.82, 2.24) is 0 Å². The van der Waals surface area contributed by atoms with Gasteiger partial charge >= 0.3 is 0 Å². The zero-order valence-corrected chi connectivity index (χ0v) is 16.0. The zero-order chi connectivity index (χ0) is 19.5. The fourth-order valence-corrected chi connectivity index (χ4v) is 3.13. The van der Waals surface area contributed by atoms with Gasteiger partial charge < -0.3 is 10.2 Å². The van der Waals surface area contributed by atoms with Crippen molar-refractivity contribution in [1.29, 1.82) is 0 Å². The smallest absolute Gasteiger partial charge is 0.185 e. The molecule has 0 aromatic rings. The fourth-order valence-electron chi connectivity index (χ4n) is 3.13. The Bertz CT molecular complexity index is 606. The van der Waals surface area contributed by atoms with Crippen LogP contribution in [0.15, 0.2) is 23.3 Å². The second kappa shape index (κ2) is 8.19. The van der Waals surface area contributed by atoms with Crippen molar-refractivity contribution in [2.45, 2.75) is 66.1 Å². The molecule has 0 saturated heterocycles. The van der Waals surface area contributed by atoms with Gasteiger partial charge in [0, 0.05) is 5.92 Å². The Kier molecular flexibility index (Phi) is 7.03. The second-order valence-electron chi connectivity index (χ2n) is 7.68. The lowest BCUT2D eigenvalue weighted by Crippen LogP contribution is -2.52. The highest BCUT2D eigenvalue weighted by molar-refractivity contribution is 6.27. The summed E-state index contributed by atoms with van der Waals surface area (Å²) in [5.74, 6) is -5.04. The van der Waals surface area contributed by atoms with E-state index in [0.29, 0.717) is 0 Å². The van der Waals surface area contributed by atoms with Crippen molar-refractivity contribution >= 4 is 17.3 Å². The molecule has 5 heteroatoms. The summed E-state index contributed by atoms with van der Waals surface area (Å²) >= 11 is 0. The minimum atomic E-state index is -2.23. The molecule has 0 amide bonds. The Morgan fingerprint density at radius 3 is 2.08 bits per heavy atom. The Hall–Kier alpha value is -1.59. The lowest BCUT2D eigenvalue weighted by atomic mass is 9.80. The van der Waals surface area contributed by atoms with Crippen LogP contribution in [0.25, 0.3) is 0 Å². The maximum Gasteiger partial charge on any atom is 0.185 e. The molecule has 2 N–H and O–H groups in total. The van der Waals surface area contributed by atoms with Crippen LogP contribution in [0.1, 0.15) is 54.4 Å². The lowest BCUT2D eigenvalue weighted by Gasteiger charge is -2.31. The van der Waals surface area contributed by atoms with E-state index in [4.69, 9.17) is 0 Å². The minimum absolute atomic E-state index is 0.0474. The normalized spacial score (nSPS) is 27.4. The molecule has 0 radical (unpaired) electrons. The van der Waals surface area contributed by atoms with E-state index < -0.39 is 46.8 Å². The number of carbonyl (C=O) groups excluding carboxylic acids is 3. The molecule has 1 rings (SSSR count). The van der Waals surface area contributed by atoms with Crippen LogP contribution in [-0.4, -0.2) is 39.3 Å². The van der Waals surface area contributed by atoms with Crippen LogP contribution in [0.2, 0.25) is 0 Å². The molecule has 4 atom stereocenters. The molecule has 0 aliphatic heterocycles. The van der Waals surface area contributed by atoms with Gasteiger partial charge in [0.15, 0.2) is 23.0 Å². The van der Waals surface area contributed by atoms with Gasteiger partial charge in [-0.2, -0.15) is 0 Å². The van der Waals surface area contributed by atoms with E-state index in [9.17, 15) is 24.6 Å². The van der Waals surface area contributed by atoms with Gasteiger partial charge in [-0.05, 0) is 40.5 Å². The number of carbonyl (C=O) groups is 3. The van der Waals surface area contributed by atoms with Crippen LogP contribution in [0.3, 0.4) is 0 Å². The Morgan fingerprint density at radius 1 is 1.12 bits per heavy atom. The maximum atomic E-state index is 12.8. The summed E-state index contributed by atoms with van der Waals surface area (Å²) in [7, 11) is 0. The molecule has 2 unspecified atom stereocenters. The van der Waals surface area contributed by atoms with Crippen molar-refractivity contribution in [2.75, 3.05) is 0 Å². The molecule has 140 valence electrons. The van der Waals surface area contributed by atoms with Gasteiger partial charge in [-0.3, -0.25) is 14.4 Å². The Morgan fingerprint density at radius 2 is 1.64 bits per heavy atom. The summed E-state index contributed by atoms with van der Waals surface area (Å²) in [6.07, 6.45) is 2.19. The molecule has 0 heterocycles. The number of ketones is 3. The van der Waals surface area contributed by atoms with Crippen LogP contribution in [0, 0.1) is 17.8 Å². The molecule has 1 fully saturated rings. The largest absolute Gasteiger partial charge is 0.389 e. The van der Waals surface area contributed by atoms with Crippen LogP contribution in [0.4, 0.5) is 0 Å². The summed E-state index contributed by atoms with van der Waals surface area (Å²) < 4.78 is 0. The predicted octanol–water partition coefficient (Wildman–Crippen LogP) is 2.40. The summed E-state index contributed by atoms with van der Waals surface area (Å²) in [5, 5.41) is 21.6. The summed E-state index contributed by atoms with van der Waals surface area (Å²) in [6, 6.07) is 0. The Labute approximate surface area is 149 Å². The monoisotopic (exact) mass is 350 g/mol. The topological polar surface area (TPSA) is 91.7 Å². The molecule has 25 heavy (non-hydrogen) atoms. The van der Waals surface area contributed by atoms with Gasteiger partial charge in [0.1, 0.15) is 5.92 Å². The number of allylic oxidation sites excluding steroid dienone is 3. The van der Waals surface area contributed by atoms with E-state index in [1.54, 1.807) is 26.0 Å². The third-order valence-corrected chi connectivity index (χ3v) is 4.69. The van der Waals surface area contributed by atoms with Gasteiger partial charge in [-0.15, -0.1) is 0 Å². The van der Waals surface area contributed by atoms with E-state index in [1.165, 1.54) is 0 Å². The van der Waals surface area contributed by atoms with Crippen molar-refractivity contribution in [3.05, 3.63) is 23.3 Å². The molecule has 1 aliphatic carbocycles. The molecular formula is C20H30O5. The molecular weight excluding hydrogens is 320 g/mol. The highest BCUT2D eigenvalue weighted by atomic mass is 16.4. The number of hydrogen-bond acceptors (Lipinski definition) is 5. The molecule has 1 aliphatic rings. The standard InChI is InChI=1S/C20H30O5/c1-11(2)7-9-14-18(23)16(17(22)13(5)6)19(24)20(14,25)15(21)10-8-12(3)4/h7-8,13-16,21,25H,9-10H2,1-6H3/t14?,15-,16?,20+/m0/s1. The predicted molar refractivity (Wildman–Crippen MR) is 95.9 cm³/mol. The quantitative estimate of drug-likeness (QED) is 0.543. The molecule has 0 aromatic carbocycles. The van der Waals surface area contributed by atoms with E-state index in [0.717, 1.165) is 11.1 Å². The number of aliphatic hydroxyl groups excluding tert-OH is 1. The average Bonchev–Trinajstić information content (AvgIpc) is 2.69. The van der Waals surface area contributed by atoms with Crippen molar-refractivity contribution in [3.63, 3.8) is 0 Å². The summed E-state index contributed by atoms with van der Waals surface area (Å²) in [6.45, 7) is 10.6. The van der Waals surface area contributed by atoms with Gasteiger partial charge in [0.25, 0.3) is 0 Å². The third kappa shape index (κ3) is 4.33. The van der Waals surface area contributed by atoms with Crippen molar-refractivity contribution in [2.24, 2.45) is 17.8 Å². The molecule has 0 spiro atoms. The molecule has 5 nitrogen and oxygen atoms in total. The first-order valence-corrected chi connectivity index (χ1v) is 8.73. The highest BCUT2D eigenvalue weighted by Gasteiger charge is 2.63. The zero-order valence-electron chi connectivity index (χ0n) is 16.0. The van der Waals surface area contributed by atoms with Gasteiger partial charge in [0.2, 0.25) is 0 Å².